The predicted octanol–water partition coefficient (Wildman–Crippen LogP) is 0.611. The minimum absolute atomic E-state index is 0.0915. The van der Waals surface area contributed by atoms with E-state index in [1.165, 1.54) is 24.8 Å². The summed E-state index contributed by atoms with van der Waals surface area (Å²) in [6.45, 7) is 4.61. The smallest absolute Gasteiger partial charge is 0.406 e. The van der Waals surface area contributed by atoms with Crippen LogP contribution in [0.4, 0.5) is 0 Å². The van der Waals surface area contributed by atoms with Crippen LogP contribution in [0.5, 0.6) is 0 Å². The molecule has 11 nitrogen and oxygen atoms in total. The predicted molar refractivity (Wildman–Crippen MR) is 98.9 cm³/mol. The van der Waals surface area contributed by atoms with Crippen molar-refractivity contribution in [1.82, 2.24) is 14.6 Å². The molecule has 2 heterocycles. The van der Waals surface area contributed by atoms with Crippen molar-refractivity contribution in [3.05, 3.63) is 44.8 Å². The second-order valence-corrected chi connectivity index (χ2v) is 7.78. The third kappa shape index (κ3) is 5.49. The molecule has 0 radical (unpaired) electrons. The van der Waals surface area contributed by atoms with Crippen molar-refractivity contribution in [3.8, 4) is 0 Å². The summed E-state index contributed by atoms with van der Waals surface area (Å²) in [5, 5.41) is 2.50. The molecular weight excluding hydrogens is 393 g/mol. The third-order valence-electron chi connectivity index (χ3n) is 3.84. The van der Waals surface area contributed by atoms with Crippen molar-refractivity contribution < 1.29 is 27.9 Å². The molecule has 0 bridgehead atoms. The van der Waals surface area contributed by atoms with Crippen molar-refractivity contribution in [2.24, 2.45) is 0 Å². The zero-order valence-electron chi connectivity index (χ0n) is 16.0. The monoisotopic (exact) mass is 417 g/mol. The Morgan fingerprint density at radius 3 is 2.75 bits per heavy atom. The number of aryl methyl sites for hydroxylation is 1. The van der Waals surface area contributed by atoms with Gasteiger partial charge in [0.2, 0.25) is 0 Å². The molecule has 0 amide bonds. The normalized spacial score (nSPS) is 22.0. The molecule has 2 rings (SSSR count). The quantitative estimate of drug-likeness (QED) is 0.336. The number of H-pyrrole nitrogens is 1. The zero-order chi connectivity index (χ0) is 20.9. The van der Waals surface area contributed by atoms with Crippen LogP contribution in [0.1, 0.15) is 25.6 Å². The summed E-state index contributed by atoms with van der Waals surface area (Å²) in [6, 6.07) is -0.905. The fourth-order valence-electron chi connectivity index (χ4n) is 2.44. The van der Waals surface area contributed by atoms with E-state index in [1.807, 2.05) is 0 Å². The maximum absolute atomic E-state index is 12.8. The number of aromatic amines is 1. The van der Waals surface area contributed by atoms with Crippen LogP contribution in [-0.2, 0) is 27.9 Å². The van der Waals surface area contributed by atoms with Crippen LogP contribution < -0.4 is 16.3 Å². The molecule has 1 unspecified atom stereocenters. The summed E-state index contributed by atoms with van der Waals surface area (Å²) >= 11 is 0. The molecule has 2 N–H and O–H groups in total. The van der Waals surface area contributed by atoms with Crippen LogP contribution >= 0.6 is 7.75 Å². The lowest BCUT2D eigenvalue weighted by Gasteiger charge is -2.23. The van der Waals surface area contributed by atoms with Gasteiger partial charge in [-0.2, -0.15) is 0 Å². The standard InChI is InChI=1S/C16H24N3O8P/c1-5-25-28(23,18-11(3)15(21)24-4)26-9-12-6-7-13(27-12)19-8-10(2)14(20)17-16(19)22/h6-8,11-13H,5,9H2,1-4H3,(H,18,23)(H,17,20,22)/t11-,12-,13+,28?/m0/s1. The fraction of sp³-hybridized carbons (Fsp3) is 0.562. The van der Waals surface area contributed by atoms with E-state index in [2.05, 4.69) is 14.8 Å². The van der Waals surface area contributed by atoms with Gasteiger partial charge in [-0.05, 0) is 26.8 Å². The highest BCUT2D eigenvalue weighted by molar-refractivity contribution is 7.51. The first-order chi connectivity index (χ1) is 13.2. The molecular formula is C16H24N3O8P. The highest BCUT2D eigenvalue weighted by atomic mass is 31.2. The maximum atomic E-state index is 12.8. The Labute approximate surface area is 161 Å². The summed E-state index contributed by atoms with van der Waals surface area (Å²) in [6.07, 6.45) is 3.28. The number of methoxy groups -OCH3 is 1. The van der Waals surface area contributed by atoms with Gasteiger partial charge in [0.1, 0.15) is 12.1 Å². The highest BCUT2D eigenvalue weighted by Gasteiger charge is 2.32. The molecule has 28 heavy (non-hydrogen) atoms. The van der Waals surface area contributed by atoms with E-state index in [9.17, 15) is 18.9 Å². The molecule has 0 fully saturated rings. The van der Waals surface area contributed by atoms with Gasteiger partial charge in [-0.1, -0.05) is 6.08 Å². The van der Waals surface area contributed by atoms with Gasteiger partial charge in [0.25, 0.3) is 5.56 Å². The Morgan fingerprint density at radius 1 is 1.39 bits per heavy atom. The van der Waals surface area contributed by atoms with E-state index in [-0.39, 0.29) is 13.2 Å². The lowest BCUT2D eigenvalue weighted by molar-refractivity contribution is -0.142. The molecule has 0 saturated heterocycles. The molecule has 0 spiro atoms. The molecule has 0 aliphatic carbocycles. The number of esters is 1. The van der Waals surface area contributed by atoms with Gasteiger partial charge in [0, 0.05) is 11.8 Å². The first kappa shape index (κ1) is 22.3. The van der Waals surface area contributed by atoms with Gasteiger partial charge in [-0.25, -0.2) is 14.4 Å². The Bertz CT molecular complexity index is 893. The Kier molecular flexibility index (Phi) is 7.50. The number of carbonyl (C=O) groups is 1. The van der Waals surface area contributed by atoms with Crippen LogP contribution in [0.15, 0.2) is 27.9 Å². The molecule has 0 saturated carbocycles. The van der Waals surface area contributed by atoms with Gasteiger partial charge in [-0.3, -0.25) is 28.2 Å². The SMILES string of the molecule is CCOP(=O)(N[C@@H](C)C(=O)OC)OC[C@@H]1C=C[C@H](n2cc(C)c(=O)[nH]c2=O)O1. The average Bonchev–Trinajstić information content (AvgIpc) is 3.11. The van der Waals surface area contributed by atoms with E-state index < -0.39 is 43.3 Å². The second kappa shape index (κ2) is 9.44. The van der Waals surface area contributed by atoms with Gasteiger partial charge < -0.3 is 9.47 Å². The second-order valence-electron chi connectivity index (χ2n) is 6.01. The van der Waals surface area contributed by atoms with Crippen LogP contribution in [-0.4, -0.2) is 48.0 Å². The van der Waals surface area contributed by atoms with Gasteiger partial charge in [-0.15, -0.1) is 0 Å². The van der Waals surface area contributed by atoms with E-state index >= 15 is 0 Å². The van der Waals surface area contributed by atoms with Gasteiger partial charge >= 0.3 is 19.4 Å². The summed E-state index contributed by atoms with van der Waals surface area (Å²) in [4.78, 5) is 37.1. The number of hydrogen-bond acceptors (Lipinski definition) is 8. The van der Waals surface area contributed by atoms with E-state index in [1.54, 1.807) is 26.0 Å². The molecule has 1 aliphatic rings. The Balaban J connectivity index is 2.01. The Hall–Kier alpha value is -2.04. The van der Waals surface area contributed by atoms with Crippen LogP contribution in [0.25, 0.3) is 0 Å². The molecule has 4 atom stereocenters. The number of nitrogens with one attached hydrogen (secondary N) is 2. The van der Waals surface area contributed by atoms with E-state index in [4.69, 9.17) is 13.8 Å². The van der Waals surface area contributed by atoms with Crippen molar-refractivity contribution >= 4 is 13.7 Å². The van der Waals surface area contributed by atoms with Crippen LogP contribution in [0.3, 0.4) is 0 Å². The lowest BCUT2D eigenvalue weighted by Crippen LogP contribution is -2.35. The first-order valence-corrected chi connectivity index (χ1v) is 10.1. The van der Waals surface area contributed by atoms with E-state index in [0.717, 1.165) is 0 Å². The number of rotatable bonds is 9. The van der Waals surface area contributed by atoms with Crippen molar-refractivity contribution in [3.63, 3.8) is 0 Å². The van der Waals surface area contributed by atoms with Crippen LogP contribution in [0.2, 0.25) is 0 Å². The number of carbonyl (C=O) groups excluding carboxylic acids is 1. The average molecular weight is 417 g/mol. The summed E-state index contributed by atoms with van der Waals surface area (Å²) in [7, 11) is -2.58. The molecule has 0 aromatic carbocycles. The molecule has 1 aromatic heterocycles. The topological polar surface area (TPSA) is 138 Å². The number of ether oxygens (including phenoxy) is 2. The summed E-state index contributed by atoms with van der Waals surface area (Å²) in [5.41, 5.74) is -0.718. The largest absolute Gasteiger partial charge is 0.468 e. The number of nitrogens with zero attached hydrogens (tertiary/aromatic N) is 1. The van der Waals surface area contributed by atoms with Crippen molar-refractivity contribution in [2.45, 2.75) is 39.1 Å². The molecule has 1 aromatic rings. The lowest BCUT2D eigenvalue weighted by atomic mass is 10.3. The van der Waals surface area contributed by atoms with Crippen molar-refractivity contribution in [2.75, 3.05) is 20.3 Å². The molecule has 156 valence electrons. The first-order valence-electron chi connectivity index (χ1n) is 8.59. The minimum atomic E-state index is -3.79. The summed E-state index contributed by atoms with van der Waals surface area (Å²) < 4.78 is 34.8. The van der Waals surface area contributed by atoms with Gasteiger partial charge in [0.15, 0.2) is 6.23 Å². The number of hydrogen-bond donors (Lipinski definition) is 2. The zero-order valence-corrected chi connectivity index (χ0v) is 16.9. The van der Waals surface area contributed by atoms with Gasteiger partial charge in [0.05, 0.1) is 20.3 Å². The highest BCUT2D eigenvalue weighted by Crippen LogP contribution is 2.44. The third-order valence-corrected chi connectivity index (χ3v) is 5.63. The molecule has 1 aliphatic heterocycles. The Morgan fingerprint density at radius 2 is 2.11 bits per heavy atom. The number of aromatic nitrogens is 2. The van der Waals surface area contributed by atoms with E-state index in [0.29, 0.717) is 5.56 Å². The van der Waals surface area contributed by atoms with Crippen LogP contribution in [0, 0.1) is 6.92 Å². The molecule has 12 heteroatoms. The summed E-state index contributed by atoms with van der Waals surface area (Å²) in [5.74, 6) is -0.617. The fourth-order valence-corrected chi connectivity index (χ4v) is 3.92. The minimum Gasteiger partial charge on any atom is -0.468 e. The van der Waals surface area contributed by atoms with Crippen molar-refractivity contribution in [1.29, 1.82) is 0 Å². The maximum Gasteiger partial charge on any atom is 0.406 e.